The zero-order valence-electron chi connectivity index (χ0n) is 16.5. The van der Waals surface area contributed by atoms with Crippen molar-refractivity contribution in [1.82, 2.24) is 5.32 Å². The third-order valence-corrected chi connectivity index (χ3v) is 5.38. The van der Waals surface area contributed by atoms with Gasteiger partial charge in [-0.1, -0.05) is 19.1 Å². The first-order valence-corrected chi connectivity index (χ1v) is 10.9. The number of amides is 2. The Hall–Kier alpha value is -2.94. The van der Waals surface area contributed by atoms with Crippen molar-refractivity contribution in [3.63, 3.8) is 0 Å². The van der Waals surface area contributed by atoms with E-state index in [1.807, 2.05) is 13.8 Å². The summed E-state index contributed by atoms with van der Waals surface area (Å²) in [7, 11) is -3.79. The van der Waals surface area contributed by atoms with Crippen LogP contribution in [0.4, 0.5) is 15.8 Å². The summed E-state index contributed by atoms with van der Waals surface area (Å²) in [6, 6.07) is 11.2. The van der Waals surface area contributed by atoms with E-state index in [-0.39, 0.29) is 28.9 Å². The standard InChI is InChI=1S/C20H24FN3O4S/c1-4-14(2)22-20(26)17-7-5-6-8-18(17)23-19(25)13-24(29(3,27)28)16-11-9-15(21)10-12-16/h5-12,14H,4,13H2,1-3H3,(H,22,26)(H,23,25)/t14-/m1/s1. The lowest BCUT2D eigenvalue weighted by Gasteiger charge is -2.22. The van der Waals surface area contributed by atoms with E-state index in [2.05, 4.69) is 10.6 Å². The van der Waals surface area contributed by atoms with Gasteiger partial charge >= 0.3 is 0 Å². The predicted molar refractivity (Wildman–Crippen MR) is 111 cm³/mol. The summed E-state index contributed by atoms with van der Waals surface area (Å²) in [5, 5.41) is 5.41. The molecule has 9 heteroatoms. The van der Waals surface area contributed by atoms with Crippen LogP contribution < -0.4 is 14.9 Å². The Balaban J connectivity index is 2.21. The zero-order chi connectivity index (χ0) is 21.6. The van der Waals surface area contributed by atoms with Crippen molar-refractivity contribution >= 4 is 33.2 Å². The van der Waals surface area contributed by atoms with E-state index < -0.39 is 28.3 Å². The molecule has 0 bridgehead atoms. The fourth-order valence-electron chi connectivity index (χ4n) is 2.52. The molecule has 2 N–H and O–H groups in total. The number of carbonyl (C=O) groups is 2. The number of hydrogen-bond acceptors (Lipinski definition) is 4. The van der Waals surface area contributed by atoms with Crippen LogP contribution in [0.1, 0.15) is 30.6 Å². The second-order valence-electron chi connectivity index (χ2n) is 6.62. The Morgan fingerprint density at radius 2 is 1.72 bits per heavy atom. The molecule has 2 aromatic carbocycles. The molecule has 2 rings (SSSR count). The molecule has 0 saturated heterocycles. The molecule has 156 valence electrons. The van der Waals surface area contributed by atoms with Gasteiger partial charge in [-0.2, -0.15) is 0 Å². The van der Waals surface area contributed by atoms with Gasteiger partial charge in [-0.25, -0.2) is 12.8 Å². The highest BCUT2D eigenvalue weighted by atomic mass is 32.2. The van der Waals surface area contributed by atoms with Gasteiger partial charge in [-0.05, 0) is 49.7 Å². The van der Waals surface area contributed by atoms with Crippen LogP contribution in [-0.4, -0.2) is 39.1 Å². The van der Waals surface area contributed by atoms with Gasteiger partial charge in [-0.3, -0.25) is 13.9 Å². The van der Waals surface area contributed by atoms with Crippen LogP contribution in [0, 0.1) is 5.82 Å². The number of rotatable bonds is 8. The van der Waals surface area contributed by atoms with E-state index >= 15 is 0 Å². The molecule has 0 aliphatic rings. The van der Waals surface area contributed by atoms with E-state index in [1.165, 1.54) is 12.1 Å². The summed E-state index contributed by atoms with van der Waals surface area (Å²) in [6.07, 6.45) is 1.71. The maximum Gasteiger partial charge on any atom is 0.253 e. The number of sulfonamides is 1. The highest BCUT2D eigenvalue weighted by molar-refractivity contribution is 7.92. The third-order valence-electron chi connectivity index (χ3n) is 4.24. The molecule has 29 heavy (non-hydrogen) atoms. The first-order valence-electron chi connectivity index (χ1n) is 9.04. The number of hydrogen-bond donors (Lipinski definition) is 2. The molecule has 0 aliphatic heterocycles. The van der Waals surface area contributed by atoms with Crippen LogP contribution in [0.25, 0.3) is 0 Å². The molecule has 7 nitrogen and oxygen atoms in total. The predicted octanol–water partition coefficient (Wildman–Crippen LogP) is 2.76. The Kier molecular flexibility index (Phi) is 7.33. The van der Waals surface area contributed by atoms with Crippen LogP contribution in [-0.2, 0) is 14.8 Å². The molecule has 0 unspecified atom stereocenters. The minimum Gasteiger partial charge on any atom is -0.350 e. The van der Waals surface area contributed by atoms with Crippen LogP contribution in [0.5, 0.6) is 0 Å². The monoisotopic (exact) mass is 421 g/mol. The summed E-state index contributed by atoms with van der Waals surface area (Å²) in [6.45, 7) is 3.28. The van der Waals surface area contributed by atoms with Gasteiger partial charge in [0.05, 0.1) is 23.2 Å². The summed E-state index contributed by atoms with van der Waals surface area (Å²) in [5.41, 5.74) is 0.701. The molecular formula is C20H24FN3O4S. The summed E-state index contributed by atoms with van der Waals surface area (Å²) in [5.74, 6) is -1.50. The average molecular weight is 421 g/mol. The Morgan fingerprint density at radius 3 is 2.31 bits per heavy atom. The van der Waals surface area contributed by atoms with Gasteiger partial charge in [0.2, 0.25) is 15.9 Å². The van der Waals surface area contributed by atoms with E-state index in [0.717, 1.165) is 29.1 Å². The molecule has 1 atom stereocenters. The van der Waals surface area contributed by atoms with E-state index in [4.69, 9.17) is 0 Å². The second-order valence-corrected chi connectivity index (χ2v) is 8.53. The van der Waals surface area contributed by atoms with Gasteiger partial charge in [0.25, 0.3) is 5.91 Å². The lowest BCUT2D eigenvalue weighted by atomic mass is 10.1. The van der Waals surface area contributed by atoms with Gasteiger partial charge in [0.15, 0.2) is 0 Å². The van der Waals surface area contributed by atoms with Crippen molar-refractivity contribution in [3.8, 4) is 0 Å². The highest BCUT2D eigenvalue weighted by Gasteiger charge is 2.22. The third kappa shape index (κ3) is 6.28. The molecular weight excluding hydrogens is 397 g/mol. The largest absolute Gasteiger partial charge is 0.350 e. The summed E-state index contributed by atoms with van der Waals surface area (Å²) in [4.78, 5) is 25.0. The lowest BCUT2D eigenvalue weighted by molar-refractivity contribution is -0.114. The van der Waals surface area contributed by atoms with E-state index in [1.54, 1.807) is 24.3 Å². The highest BCUT2D eigenvalue weighted by Crippen LogP contribution is 2.19. The normalized spacial score (nSPS) is 12.1. The number of nitrogens with zero attached hydrogens (tertiary/aromatic N) is 1. The quantitative estimate of drug-likeness (QED) is 0.685. The van der Waals surface area contributed by atoms with E-state index in [0.29, 0.717) is 0 Å². The first-order chi connectivity index (χ1) is 13.6. The smallest absolute Gasteiger partial charge is 0.253 e. The molecule has 0 aliphatic carbocycles. The molecule has 0 heterocycles. The number of benzene rings is 2. The molecule has 0 radical (unpaired) electrons. The minimum atomic E-state index is -3.79. The maximum absolute atomic E-state index is 13.1. The van der Waals surface area contributed by atoms with Gasteiger partial charge in [0, 0.05) is 6.04 Å². The van der Waals surface area contributed by atoms with Crippen LogP contribution in [0.3, 0.4) is 0 Å². The number of halogens is 1. The molecule has 2 amide bonds. The number of nitrogens with one attached hydrogen (secondary N) is 2. The average Bonchev–Trinajstić information content (AvgIpc) is 2.66. The SMILES string of the molecule is CC[C@@H](C)NC(=O)c1ccccc1NC(=O)CN(c1ccc(F)cc1)S(C)(=O)=O. The number of anilines is 2. The minimum absolute atomic E-state index is 0.0366. The van der Waals surface area contributed by atoms with Crippen LogP contribution in [0.15, 0.2) is 48.5 Å². The molecule has 0 spiro atoms. The molecule has 0 aromatic heterocycles. The first kappa shape index (κ1) is 22.4. The second kappa shape index (κ2) is 9.51. The molecule has 0 saturated carbocycles. The lowest BCUT2D eigenvalue weighted by Crippen LogP contribution is -2.38. The van der Waals surface area contributed by atoms with Crippen LogP contribution in [0.2, 0.25) is 0 Å². The zero-order valence-corrected chi connectivity index (χ0v) is 17.3. The van der Waals surface area contributed by atoms with Gasteiger partial charge < -0.3 is 10.6 Å². The van der Waals surface area contributed by atoms with Gasteiger partial charge in [-0.15, -0.1) is 0 Å². The van der Waals surface area contributed by atoms with Crippen molar-refractivity contribution in [2.75, 3.05) is 22.4 Å². The summed E-state index contributed by atoms with van der Waals surface area (Å²) >= 11 is 0. The number of carbonyl (C=O) groups excluding carboxylic acids is 2. The van der Waals surface area contributed by atoms with Gasteiger partial charge in [0.1, 0.15) is 12.4 Å². The van der Waals surface area contributed by atoms with Crippen molar-refractivity contribution in [1.29, 1.82) is 0 Å². The Labute approximate surface area is 170 Å². The maximum atomic E-state index is 13.1. The Bertz CT molecular complexity index is 977. The molecule has 2 aromatic rings. The number of para-hydroxylation sites is 1. The van der Waals surface area contributed by atoms with Crippen molar-refractivity contribution < 1.29 is 22.4 Å². The topological polar surface area (TPSA) is 95.6 Å². The van der Waals surface area contributed by atoms with Crippen molar-refractivity contribution in [2.24, 2.45) is 0 Å². The van der Waals surface area contributed by atoms with E-state index in [9.17, 15) is 22.4 Å². The van der Waals surface area contributed by atoms with Crippen molar-refractivity contribution in [2.45, 2.75) is 26.3 Å². The fourth-order valence-corrected chi connectivity index (χ4v) is 3.38. The fraction of sp³-hybridized carbons (Fsp3) is 0.300. The van der Waals surface area contributed by atoms with Crippen molar-refractivity contribution in [3.05, 3.63) is 59.9 Å². The Morgan fingerprint density at radius 1 is 1.10 bits per heavy atom. The summed E-state index contributed by atoms with van der Waals surface area (Å²) < 4.78 is 38.3. The van der Waals surface area contributed by atoms with Crippen LogP contribution >= 0.6 is 0 Å². The molecule has 0 fully saturated rings.